The van der Waals surface area contributed by atoms with Gasteiger partial charge in [-0.15, -0.1) is 0 Å². The van der Waals surface area contributed by atoms with Crippen LogP contribution in [0.25, 0.3) is 0 Å². The van der Waals surface area contributed by atoms with Gasteiger partial charge in [-0.25, -0.2) is 18.7 Å². The van der Waals surface area contributed by atoms with Crippen LogP contribution in [0.3, 0.4) is 0 Å². The molecule has 0 saturated carbocycles. The highest BCUT2D eigenvalue weighted by Gasteiger charge is 2.23. The Kier molecular flexibility index (Phi) is 8.67. The van der Waals surface area contributed by atoms with Gasteiger partial charge < -0.3 is 15.3 Å². The number of benzene rings is 2. The van der Waals surface area contributed by atoms with E-state index in [-0.39, 0.29) is 36.6 Å². The van der Waals surface area contributed by atoms with Crippen LogP contribution in [0.15, 0.2) is 29.4 Å². The maximum absolute atomic E-state index is 14.8. The third-order valence-electron chi connectivity index (χ3n) is 3.42. The van der Waals surface area contributed by atoms with E-state index >= 15 is 0 Å². The highest BCUT2D eigenvalue weighted by molar-refractivity contribution is 14.1. The molecule has 0 heterocycles. The fraction of sp³-hybridized carbons (Fsp3) is 0.222. The van der Waals surface area contributed by atoms with Crippen LogP contribution in [0, 0.1) is 21.0 Å². The molecule has 2 rings (SSSR count). The van der Waals surface area contributed by atoms with E-state index in [1.165, 1.54) is 12.1 Å². The molecule has 29 heavy (non-hydrogen) atoms. The Morgan fingerprint density at radius 2 is 2.03 bits per heavy atom. The van der Waals surface area contributed by atoms with E-state index in [1.807, 2.05) is 28.1 Å². The molecule has 2 aromatic rings. The van der Waals surface area contributed by atoms with Crippen molar-refractivity contribution in [1.29, 1.82) is 0 Å². The highest BCUT2D eigenvalue weighted by atomic mass is 127. The van der Waals surface area contributed by atoms with Crippen LogP contribution >= 0.6 is 22.6 Å². The fourth-order valence-electron chi connectivity index (χ4n) is 2.15. The normalized spacial score (nSPS) is 11.0. The molecule has 0 aliphatic rings. The maximum Gasteiger partial charge on any atom is 0.277 e. The lowest BCUT2D eigenvalue weighted by Crippen LogP contribution is -2.26. The Morgan fingerprint density at radius 3 is 2.69 bits per heavy atom. The van der Waals surface area contributed by atoms with E-state index in [9.17, 15) is 18.0 Å². The molecular weight excluding hydrogens is 506 g/mol. The van der Waals surface area contributed by atoms with E-state index in [1.54, 1.807) is 13.0 Å². The summed E-state index contributed by atoms with van der Waals surface area (Å²) in [6.07, 6.45) is 0.905. The van der Waals surface area contributed by atoms with Crippen LogP contribution in [-0.4, -0.2) is 37.0 Å². The molecule has 0 atom stereocenters. The first-order chi connectivity index (χ1) is 13.9. The number of anilines is 2. The van der Waals surface area contributed by atoms with Gasteiger partial charge in [-0.3, -0.25) is 9.63 Å². The number of nitrogens with zero attached hydrogens (tertiary/aromatic N) is 1. The van der Waals surface area contributed by atoms with Crippen LogP contribution in [0.1, 0.15) is 22.8 Å². The SMILES string of the molecule is CCON=Cc1cc(C(=O)NOCCO)c(Nc2ccc(I)cc2F)c(F)c1F. The van der Waals surface area contributed by atoms with Crippen LogP contribution < -0.4 is 10.8 Å². The number of carbonyl (C=O) groups is 1. The molecule has 0 spiro atoms. The number of amides is 1. The molecule has 1 amide bonds. The minimum atomic E-state index is -1.42. The zero-order valence-corrected chi connectivity index (χ0v) is 17.3. The van der Waals surface area contributed by atoms with Crippen LogP contribution in [0.5, 0.6) is 0 Å². The first-order valence-electron chi connectivity index (χ1n) is 8.31. The summed E-state index contributed by atoms with van der Waals surface area (Å²) in [4.78, 5) is 21.8. The zero-order valence-electron chi connectivity index (χ0n) is 15.1. The smallest absolute Gasteiger partial charge is 0.277 e. The zero-order chi connectivity index (χ0) is 21.4. The number of hydroxylamine groups is 1. The molecule has 11 heteroatoms. The van der Waals surface area contributed by atoms with Crippen molar-refractivity contribution < 1.29 is 32.7 Å². The molecule has 3 N–H and O–H groups in total. The molecule has 0 bridgehead atoms. The first-order valence-corrected chi connectivity index (χ1v) is 9.39. The molecule has 156 valence electrons. The third-order valence-corrected chi connectivity index (χ3v) is 4.09. The predicted molar refractivity (Wildman–Crippen MR) is 108 cm³/mol. The van der Waals surface area contributed by atoms with Crippen molar-refractivity contribution in [2.75, 3.05) is 25.1 Å². The van der Waals surface area contributed by atoms with E-state index in [4.69, 9.17) is 14.8 Å². The molecule has 0 aliphatic carbocycles. The van der Waals surface area contributed by atoms with Crippen molar-refractivity contribution in [2.24, 2.45) is 5.16 Å². The van der Waals surface area contributed by atoms with Crippen LogP contribution in [0.4, 0.5) is 24.5 Å². The van der Waals surface area contributed by atoms with Crippen molar-refractivity contribution in [2.45, 2.75) is 6.92 Å². The average molecular weight is 523 g/mol. The second kappa shape index (κ2) is 11.0. The Balaban J connectivity index is 2.50. The fourth-order valence-corrected chi connectivity index (χ4v) is 2.61. The van der Waals surface area contributed by atoms with Crippen molar-refractivity contribution in [3.05, 3.63) is 56.4 Å². The van der Waals surface area contributed by atoms with Gasteiger partial charge in [0.2, 0.25) is 0 Å². The van der Waals surface area contributed by atoms with Crippen molar-refractivity contribution in [1.82, 2.24) is 5.48 Å². The van der Waals surface area contributed by atoms with Crippen molar-refractivity contribution in [3.8, 4) is 0 Å². The number of halogens is 4. The van der Waals surface area contributed by atoms with E-state index in [0.29, 0.717) is 3.57 Å². The molecule has 0 fully saturated rings. The Bertz CT molecular complexity index is 912. The summed E-state index contributed by atoms with van der Waals surface area (Å²) in [7, 11) is 0. The Hall–Kier alpha value is -2.38. The summed E-state index contributed by atoms with van der Waals surface area (Å²) in [6.45, 7) is 1.26. The van der Waals surface area contributed by atoms with Crippen LogP contribution in [0.2, 0.25) is 0 Å². The number of aliphatic hydroxyl groups excluding tert-OH is 1. The van der Waals surface area contributed by atoms with Gasteiger partial charge in [0.25, 0.3) is 5.91 Å². The summed E-state index contributed by atoms with van der Waals surface area (Å²) >= 11 is 1.89. The number of carbonyl (C=O) groups excluding carboxylic acids is 1. The third kappa shape index (κ3) is 6.05. The van der Waals surface area contributed by atoms with Crippen LogP contribution in [-0.2, 0) is 9.68 Å². The number of hydrogen-bond acceptors (Lipinski definition) is 6. The van der Waals surface area contributed by atoms with Gasteiger partial charge in [-0.1, -0.05) is 5.16 Å². The lowest BCUT2D eigenvalue weighted by molar-refractivity contribution is 0.0168. The molecular formula is C18H17F3IN3O4. The monoisotopic (exact) mass is 523 g/mol. The van der Waals surface area contributed by atoms with Gasteiger partial charge in [0.15, 0.2) is 11.6 Å². The van der Waals surface area contributed by atoms with Gasteiger partial charge in [-0.05, 0) is 53.8 Å². The molecule has 0 unspecified atom stereocenters. The number of oxime groups is 1. The lowest BCUT2D eigenvalue weighted by Gasteiger charge is -2.15. The average Bonchev–Trinajstić information content (AvgIpc) is 2.69. The van der Waals surface area contributed by atoms with Crippen molar-refractivity contribution in [3.63, 3.8) is 0 Å². The van der Waals surface area contributed by atoms with Gasteiger partial charge in [-0.2, -0.15) is 0 Å². The number of aliphatic hydroxyl groups is 1. The van der Waals surface area contributed by atoms with Gasteiger partial charge in [0.05, 0.1) is 36.4 Å². The topological polar surface area (TPSA) is 92.2 Å². The first kappa shape index (κ1) is 22.9. The quantitative estimate of drug-likeness (QED) is 0.203. The lowest BCUT2D eigenvalue weighted by atomic mass is 10.1. The largest absolute Gasteiger partial charge is 0.396 e. The molecule has 0 aromatic heterocycles. The highest BCUT2D eigenvalue weighted by Crippen LogP contribution is 2.30. The summed E-state index contributed by atoms with van der Waals surface area (Å²) in [5, 5.41) is 14.6. The van der Waals surface area contributed by atoms with E-state index < -0.39 is 29.0 Å². The van der Waals surface area contributed by atoms with Gasteiger partial charge in [0, 0.05) is 9.13 Å². The number of rotatable bonds is 9. The Morgan fingerprint density at radius 1 is 1.28 bits per heavy atom. The van der Waals surface area contributed by atoms with E-state index in [0.717, 1.165) is 12.3 Å². The Labute approximate surface area is 178 Å². The summed E-state index contributed by atoms with van der Waals surface area (Å²) in [6, 6.07) is 5.06. The summed E-state index contributed by atoms with van der Waals surface area (Å²) in [5.41, 5.74) is 0.493. The predicted octanol–water partition coefficient (Wildman–Crippen LogP) is 3.48. The minimum Gasteiger partial charge on any atom is -0.396 e. The number of hydrogen-bond donors (Lipinski definition) is 3. The minimum absolute atomic E-state index is 0.162. The number of nitrogens with one attached hydrogen (secondary N) is 2. The van der Waals surface area contributed by atoms with Gasteiger partial charge >= 0.3 is 0 Å². The van der Waals surface area contributed by atoms with Crippen molar-refractivity contribution >= 4 is 46.1 Å². The summed E-state index contributed by atoms with van der Waals surface area (Å²) in [5.74, 6) is -4.40. The maximum atomic E-state index is 14.8. The summed E-state index contributed by atoms with van der Waals surface area (Å²) < 4.78 is 44.0. The molecule has 2 aromatic carbocycles. The molecule has 0 saturated heterocycles. The standard InChI is InChI=1S/C18H17F3IN3O4/c1-2-28-23-9-10-7-12(18(27)25-29-6-5-26)17(16(21)15(10)20)24-14-4-3-11(22)8-13(14)19/h3-4,7-9,24,26H,2,5-6H2,1H3,(H,25,27). The molecule has 0 aliphatic heterocycles. The second-order valence-electron chi connectivity index (χ2n) is 5.42. The molecule has 0 radical (unpaired) electrons. The van der Waals surface area contributed by atoms with E-state index in [2.05, 4.69) is 10.5 Å². The molecule has 7 nitrogen and oxygen atoms in total. The van der Waals surface area contributed by atoms with Gasteiger partial charge in [0.1, 0.15) is 12.4 Å². The second-order valence-corrected chi connectivity index (χ2v) is 6.67.